The van der Waals surface area contributed by atoms with Gasteiger partial charge in [0, 0.05) is 30.8 Å². The van der Waals surface area contributed by atoms with Crippen LogP contribution in [0.1, 0.15) is 46.0 Å². The summed E-state index contributed by atoms with van der Waals surface area (Å²) in [5.41, 5.74) is 2.34. The standard InChI is InChI=1S/C24H28N2O5/c1-3-30-24(29)31-21-10-8-19(9-11-21)22(27)25-16-18-12-14-26(15-13-18)23(28)20-6-4-17(2)5-7-20/h4-11,18H,3,12-16H2,1-2H3,(H,25,27). The summed E-state index contributed by atoms with van der Waals surface area (Å²) in [6.07, 6.45) is 0.931. The Morgan fingerprint density at radius 1 is 0.968 bits per heavy atom. The van der Waals surface area contributed by atoms with Crippen LogP contribution in [0.25, 0.3) is 0 Å². The average Bonchev–Trinajstić information content (AvgIpc) is 2.78. The maximum absolute atomic E-state index is 12.6. The van der Waals surface area contributed by atoms with Gasteiger partial charge >= 0.3 is 6.16 Å². The quantitative estimate of drug-likeness (QED) is 0.563. The SMILES string of the molecule is CCOC(=O)Oc1ccc(C(=O)NCC2CCN(C(=O)c3ccc(C)cc3)CC2)cc1. The highest BCUT2D eigenvalue weighted by Crippen LogP contribution is 2.19. The molecule has 0 radical (unpaired) electrons. The zero-order valence-electron chi connectivity index (χ0n) is 17.9. The predicted octanol–water partition coefficient (Wildman–Crippen LogP) is 3.81. The van der Waals surface area contributed by atoms with Crippen molar-refractivity contribution in [3.63, 3.8) is 0 Å². The van der Waals surface area contributed by atoms with Crippen molar-refractivity contribution in [3.05, 3.63) is 65.2 Å². The molecule has 7 heteroatoms. The van der Waals surface area contributed by atoms with Gasteiger partial charge in [0.05, 0.1) is 6.61 Å². The molecule has 0 atom stereocenters. The molecule has 2 amide bonds. The van der Waals surface area contributed by atoms with Crippen molar-refractivity contribution in [2.24, 2.45) is 5.92 Å². The van der Waals surface area contributed by atoms with Gasteiger partial charge in [-0.25, -0.2) is 4.79 Å². The van der Waals surface area contributed by atoms with Crippen LogP contribution in [0.5, 0.6) is 5.75 Å². The zero-order chi connectivity index (χ0) is 22.2. The topological polar surface area (TPSA) is 84.9 Å². The van der Waals surface area contributed by atoms with Gasteiger partial charge in [0.25, 0.3) is 11.8 Å². The third-order valence-corrected chi connectivity index (χ3v) is 5.33. The fraction of sp³-hybridized carbons (Fsp3) is 0.375. The van der Waals surface area contributed by atoms with Crippen LogP contribution in [-0.4, -0.2) is 49.1 Å². The molecular weight excluding hydrogens is 396 g/mol. The Bertz CT molecular complexity index is 901. The fourth-order valence-corrected chi connectivity index (χ4v) is 3.48. The summed E-state index contributed by atoms with van der Waals surface area (Å²) < 4.78 is 9.70. The van der Waals surface area contributed by atoms with E-state index in [4.69, 9.17) is 9.47 Å². The lowest BCUT2D eigenvalue weighted by molar-refractivity contribution is 0.0684. The van der Waals surface area contributed by atoms with Crippen LogP contribution in [0.3, 0.4) is 0 Å². The van der Waals surface area contributed by atoms with Crippen LogP contribution in [0.4, 0.5) is 4.79 Å². The molecule has 1 heterocycles. The van der Waals surface area contributed by atoms with Crippen LogP contribution in [0.2, 0.25) is 0 Å². The monoisotopic (exact) mass is 424 g/mol. The van der Waals surface area contributed by atoms with Crippen molar-refractivity contribution in [2.45, 2.75) is 26.7 Å². The molecule has 1 aliphatic heterocycles. The number of hydrogen-bond acceptors (Lipinski definition) is 5. The van der Waals surface area contributed by atoms with Gasteiger partial charge in [-0.1, -0.05) is 17.7 Å². The number of rotatable bonds is 6. The second-order valence-electron chi connectivity index (χ2n) is 7.62. The molecule has 0 aliphatic carbocycles. The van der Waals surface area contributed by atoms with E-state index < -0.39 is 6.16 Å². The molecule has 1 fully saturated rings. The Kier molecular flexibility index (Phi) is 7.65. The lowest BCUT2D eigenvalue weighted by Gasteiger charge is -2.32. The van der Waals surface area contributed by atoms with Crippen molar-refractivity contribution in [3.8, 4) is 5.75 Å². The molecular formula is C24H28N2O5. The van der Waals surface area contributed by atoms with E-state index in [0.717, 1.165) is 18.4 Å². The largest absolute Gasteiger partial charge is 0.513 e. The van der Waals surface area contributed by atoms with Crippen LogP contribution >= 0.6 is 0 Å². The maximum Gasteiger partial charge on any atom is 0.513 e. The van der Waals surface area contributed by atoms with E-state index in [1.165, 1.54) is 0 Å². The van der Waals surface area contributed by atoms with Gasteiger partial charge < -0.3 is 19.7 Å². The molecule has 1 N–H and O–H groups in total. The molecule has 31 heavy (non-hydrogen) atoms. The number of piperidine rings is 1. The number of nitrogens with zero attached hydrogens (tertiary/aromatic N) is 1. The van der Waals surface area contributed by atoms with Gasteiger partial charge in [0.15, 0.2) is 0 Å². The molecule has 3 rings (SSSR count). The molecule has 2 aromatic rings. The van der Waals surface area contributed by atoms with Crippen LogP contribution < -0.4 is 10.1 Å². The Morgan fingerprint density at radius 2 is 1.58 bits per heavy atom. The van der Waals surface area contributed by atoms with E-state index >= 15 is 0 Å². The Morgan fingerprint density at radius 3 is 2.19 bits per heavy atom. The first kappa shape index (κ1) is 22.3. The summed E-state index contributed by atoms with van der Waals surface area (Å²) in [4.78, 5) is 38.2. The van der Waals surface area contributed by atoms with Gasteiger partial charge in [0.2, 0.25) is 0 Å². The summed E-state index contributed by atoms with van der Waals surface area (Å²) in [5.74, 6) is 0.534. The van der Waals surface area contributed by atoms with E-state index in [0.29, 0.717) is 42.4 Å². The second-order valence-corrected chi connectivity index (χ2v) is 7.62. The molecule has 2 aromatic carbocycles. The van der Waals surface area contributed by atoms with E-state index in [1.54, 1.807) is 31.2 Å². The number of carbonyl (C=O) groups excluding carboxylic acids is 3. The molecule has 1 saturated heterocycles. The lowest BCUT2D eigenvalue weighted by atomic mass is 9.96. The van der Waals surface area contributed by atoms with E-state index in [9.17, 15) is 14.4 Å². The van der Waals surface area contributed by atoms with Crippen LogP contribution in [-0.2, 0) is 4.74 Å². The summed E-state index contributed by atoms with van der Waals surface area (Å²) in [7, 11) is 0. The van der Waals surface area contributed by atoms with Gasteiger partial charge in [-0.2, -0.15) is 0 Å². The summed E-state index contributed by atoms with van der Waals surface area (Å²) in [6.45, 7) is 5.87. The number of carbonyl (C=O) groups is 3. The molecule has 164 valence electrons. The van der Waals surface area contributed by atoms with Gasteiger partial charge in [-0.15, -0.1) is 0 Å². The van der Waals surface area contributed by atoms with E-state index in [2.05, 4.69) is 5.32 Å². The minimum Gasteiger partial charge on any atom is -0.434 e. The fourth-order valence-electron chi connectivity index (χ4n) is 3.48. The third-order valence-electron chi connectivity index (χ3n) is 5.33. The molecule has 0 bridgehead atoms. The summed E-state index contributed by atoms with van der Waals surface area (Å²) >= 11 is 0. The number of amides is 2. The molecule has 0 spiro atoms. The van der Waals surface area contributed by atoms with Gasteiger partial charge in [0.1, 0.15) is 5.75 Å². The molecule has 0 unspecified atom stereocenters. The first-order valence-electron chi connectivity index (χ1n) is 10.5. The van der Waals surface area contributed by atoms with Crippen molar-refractivity contribution in [2.75, 3.05) is 26.2 Å². The first-order valence-corrected chi connectivity index (χ1v) is 10.5. The molecule has 0 saturated carbocycles. The van der Waals surface area contributed by atoms with E-state index in [-0.39, 0.29) is 18.4 Å². The minimum atomic E-state index is -0.771. The van der Waals surface area contributed by atoms with Crippen molar-refractivity contribution in [1.82, 2.24) is 10.2 Å². The van der Waals surface area contributed by atoms with Crippen molar-refractivity contribution in [1.29, 1.82) is 0 Å². The van der Waals surface area contributed by atoms with Gasteiger partial charge in [-0.05, 0) is 69.0 Å². The summed E-state index contributed by atoms with van der Waals surface area (Å²) in [5, 5.41) is 2.96. The predicted molar refractivity (Wildman–Crippen MR) is 116 cm³/mol. The highest BCUT2D eigenvalue weighted by atomic mass is 16.7. The first-order chi connectivity index (χ1) is 15.0. The number of aryl methyl sites for hydroxylation is 1. The average molecular weight is 424 g/mol. The normalized spacial score (nSPS) is 14.1. The Hall–Kier alpha value is -3.35. The van der Waals surface area contributed by atoms with Crippen LogP contribution in [0.15, 0.2) is 48.5 Å². The number of ether oxygens (including phenoxy) is 2. The Labute approximate surface area is 182 Å². The summed E-state index contributed by atoms with van der Waals surface area (Å²) in [6, 6.07) is 14.0. The van der Waals surface area contributed by atoms with Gasteiger partial charge in [-0.3, -0.25) is 9.59 Å². The number of nitrogens with one attached hydrogen (secondary N) is 1. The van der Waals surface area contributed by atoms with Crippen molar-refractivity contribution >= 4 is 18.0 Å². The molecule has 0 aromatic heterocycles. The molecule has 7 nitrogen and oxygen atoms in total. The minimum absolute atomic E-state index is 0.0626. The second kappa shape index (κ2) is 10.6. The zero-order valence-corrected chi connectivity index (χ0v) is 17.9. The smallest absolute Gasteiger partial charge is 0.434 e. The number of likely N-dealkylation sites (tertiary alicyclic amines) is 1. The van der Waals surface area contributed by atoms with Crippen molar-refractivity contribution < 1.29 is 23.9 Å². The number of hydrogen-bond donors (Lipinski definition) is 1. The highest BCUT2D eigenvalue weighted by molar-refractivity contribution is 5.95. The lowest BCUT2D eigenvalue weighted by Crippen LogP contribution is -2.41. The third kappa shape index (κ3) is 6.31. The number of benzene rings is 2. The van der Waals surface area contributed by atoms with E-state index in [1.807, 2.05) is 36.1 Å². The van der Waals surface area contributed by atoms with Crippen LogP contribution in [0, 0.1) is 12.8 Å². The molecule has 1 aliphatic rings. The highest BCUT2D eigenvalue weighted by Gasteiger charge is 2.24. The Balaban J connectivity index is 1.43. The maximum atomic E-state index is 12.6.